The summed E-state index contributed by atoms with van der Waals surface area (Å²) in [4.78, 5) is 26.8. The van der Waals surface area contributed by atoms with Crippen LogP contribution in [0.3, 0.4) is 0 Å². The average molecular weight is 468 g/mol. The number of carbonyl (C=O) groups excluding carboxylic acids is 1. The van der Waals surface area contributed by atoms with Crippen molar-refractivity contribution < 1.29 is 14.3 Å². The molecule has 2 fully saturated rings. The molecule has 0 aliphatic carbocycles. The molecule has 2 saturated heterocycles. The number of piperidine rings is 1. The predicted octanol–water partition coefficient (Wildman–Crippen LogP) is 3.58. The van der Waals surface area contributed by atoms with Crippen molar-refractivity contribution in [1.29, 1.82) is 0 Å². The molecule has 31 heavy (non-hydrogen) atoms. The van der Waals surface area contributed by atoms with E-state index in [0.717, 1.165) is 42.7 Å². The van der Waals surface area contributed by atoms with Gasteiger partial charge < -0.3 is 14.8 Å². The zero-order valence-electron chi connectivity index (χ0n) is 18.2. The highest BCUT2D eigenvalue weighted by atomic mass is 35.5. The number of nitrogens with zero attached hydrogens (tertiary/aromatic N) is 4. The first-order valence-electron chi connectivity index (χ1n) is 10.7. The van der Waals surface area contributed by atoms with Crippen molar-refractivity contribution in [3.8, 4) is 0 Å². The van der Waals surface area contributed by atoms with E-state index in [0.29, 0.717) is 13.2 Å². The van der Waals surface area contributed by atoms with Gasteiger partial charge in [0, 0.05) is 43.3 Å². The number of alkyl carbamates (subject to hydrolysis) is 1. The lowest BCUT2D eigenvalue weighted by atomic mass is 10.0. The van der Waals surface area contributed by atoms with Crippen LogP contribution in [0.4, 0.5) is 4.79 Å². The maximum Gasteiger partial charge on any atom is 0.407 e. The molecule has 2 unspecified atom stereocenters. The minimum absolute atomic E-state index is 0.104. The van der Waals surface area contributed by atoms with Gasteiger partial charge in [0.2, 0.25) is 0 Å². The number of rotatable bonds is 4. The van der Waals surface area contributed by atoms with Crippen molar-refractivity contribution in [3.05, 3.63) is 23.5 Å². The van der Waals surface area contributed by atoms with Crippen LogP contribution in [0.1, 0.15) is 44.7 Å². The molecule has 2 aromatic rings. The highest BCUT2D eigenvalue weighted by Gasteiger charge is 2.35. The topological polar surface area (TPSA) is 79.8 Å². The first-order valence-corrected chi connectivity index (χ1v) is 12.0. The van der Waals surface area contributed by atoms with Crippen LogP contribution in [-0.2, 0) is 9.47 Å². The zero-order valence-corrected chi connectivity index (χ0v) is 19.8. The van der Waals surface area contributed by atoms with Gasteiger partial charge in [-0.25, -0.2) is 14.8 Å². The molecule has 2 atom stereocenters. The van der Waals surface area contributed by atoms with Crippen LogP contribution >= 0.6 is 22.9 Å². The Morgan fingerprint density at radius 3 is 2.77 bits per heavy atom. The van der Waals surface area contributed by atoms with Gasteiger partial charge in [0.15, 0.2) is 0 Å². The Kier molecular flexibility index (Phi) is 6.98. The number of halogens is 1. The lowest BCUT2D eigenvalue weighted by molar-refractivity contribution is -0.0543. The minimum atomic E-state index is -0.492. The van der Waals surface area contributed by atoms with Gasteiger partial charge in [-0.15, -0.1) is 11.3 Å². The zero-order chi connectivity index (χ0) is 22.0. The third kappa shape index (κ3) is 5.84. The molecule has 0 bridgehead atoms. The van der Waals surface area contributed by atoms with Crippen molar-refractivity contribution in [2.75, 3.05) is 32.8 Å². The molecule has 2 aliphatic rings. The summed E-state index contributed by atoms with van der Waals surface area (Å²) in [6.45, 7) is 9.48. The van der Waals surface area contributed by atoms with Gasteiger partial charge in [-0.1, -0.05) is 11.6 Å². The maximum atomic E-state index is 12.2. The molecule has 2 aliphatic heterocycles. The summed E-state index contributed by atoms with van der Waals surface area (Å²) < 4.78 is 12.1. The normalized spacial score (nSPS) is 23.0. The van der Waals surface area contributed by atoms with Gasteiger partial charge in [0.05, 0.1) is 23.0 Å². The summed E-state index contributed by atoms with van der Waals surface area (Å²) in [7, 11) is 0. The van der Waals surface area contributed by atoms with Crippen LogP contribution in [0.2, 0.25) is 0 Å². The maximum absolute atomic E-state index is 12.2. The minimum Gasteiger partial charge on any atom is -0.444 e. The number of fused-ring (bicyclic) bond motifs is 1. The number of nitrogens with one attached hydrogen (secondary N) is 1. The van der Waals surface area contributed by atoms with E-state index in [-0.39, 0.29) is 23.9 Å². The molecule has 170 valence electrons. The monoisotopic (exact) mass is 467 g/mol. The predicted molar refractivity (Wildman–Crippen MR) is 121 cm³/mol. The van der Waals surface area contributed by atoms with E-state index >= 15 is 0 Å². The molecule has 4 rings (SSSR count). The third-order valence-corrected chi connectivity index (χ3v) is 6.83. The molecule has 1 N–H and O–H groups in total. The Hall–Kier alpha value is -1.52. The number of alkyl halides is 1. The summed E-state index contributed by atoms with van der Waals surface area (Å²) in [6.07, 6.45) is 4.96. The summed E-state index contributed by atoms with van der Waals surface area (Å²) in [5.74, 6) is 0. The largest absolute Gasteiger partial charge is 0.444 e. The van der Waals surface area contributed by atoms with Crippen LogP contribution in [0.15, 0.2) is 18.6 Å². The number of carbonyl (C=O) groups is 1. The number of hydrogen-bond donors (Lipinski definition) is 1. The summed E-state index contributed by atoms with van der Waals surface area (Å²) >= 11 is 8.06. The number of hydrogen-bond acceptors (Lipinski definition) is 8. The summed E-state index contributed by atoms with van der Waals surface area (Å²) in [6, 6.07) is 2.28. The van der Waals surface area contributed by atoms with E-state index in [1.807, 2.05) is 27.0 Å². The molecular formula is C21H30ClN5O3S. The van der Waals surface area contributed by atoms with Gasteiger partial charge in [-0.05, 0) is 39.7 Å². The Morgan fingerprint density at radius 1 is 1.32 bits per heavy atom. The first kappa shape index (κ1) is 22.7. The number of likely N-dealkylation sites (tertiary alicyclic amines) is 1. The molecule has 8 nitrogen and oxygen atoms in total. The van der Waals surface area contributed by atoms with E-state index in [4.69, 9.17) is 21.1 Å². The Balaban J connectivity index is 1.47. The Bertz CT molecular complexity index is 864. The SMILES string of the molecule is CC(C)(C)OC(=O)NC1CCN(C(c2cc3ncncc3s2)N2CCOC(Cl)C2)CC1. The van der Waals surface area contributed by atoms with Crippen LogP contribution < -0.4 is 5.32 Å². The smallest absolute Gasteiger partial charge is 0.407 e. The quantitative estimate of drug-likeness (QED) is 0.688. The van der Waals surface area contributed by atoms with Gasteiger partial charge in [0.25, 0.3) is 0 Å². The van der Waals surface area contributed by atoms with Crippen LogP contribution in [-0.4, -0.2) is 75.9 Å². The first-order chi connectivity index (χ1) is 14.8. The van der Waals surface area contributed by atoms with Gasteiger partial charge in [-0.3, -0.25) is 9.80 Å². The molecule has 4 heterocycles. The van der Waals surface area contributed by atoms with Crippen molar-refractivity contribution >= 4 is 39.2 Å². The summed E-state index contributed by atoms with van der Waals surface area (Å²) in [5, 5.41) is 3.02. The van der Waals surface area contributed by atoms with Crippen LogP contribution in [0.25, 0.3) is 10.2 Å². The number of thiophene rings is 1. The Labute approximate surface area is 191 Å². The van der Waals surface area contributed by atoms with Gasteiger partial charge in [-0.2, -0.15) is 0 Å². The molecule has 0 saturated carbocycles. The van der Waals surface area contributed by atoms with Crippen LogP contribution in [0.5, 0.6) is 0 Å². The fourth-order valence-electron chi connectivity index (χ4n) is 4.13. The van der Waals surface area contributed by atoms with E-state index in [2.05, 4.69) is 31.2 Å². The second kappa shape index (κ2) is 9.54. The number of aromatic nitrogens is 2. The molecule has 0 spiro atoms. The fraction of sp³-hybridized carbons (Fsp3) is 0.667. The molecule has 2 aromatic heterocycles. The summed E-state index contributed by atoms with van der Waals surface area (Å²) in [5.41, 5.74) is 0.169. The standard InChI is InChI=1S/C21H30ClN5O3S/c1-21(2,3)30-20(28)25-14-4-6-26(7-5-14)19(27-8-9-29-18(22)12-27)16-10-15-17(31-16)11-23-13-24-15/h10-11,13-14,18-19H,4-9,12H2,1-3H3,(H,25,28). The lowest BCUT2D eigenvalue weighted by Gasteiger charge is -2.44. The van der Waals surface area contributed by atoms with Crippen molar-refractivity contribution in [3.63, 3.8) is 0 Å². The molecule has 0 radical (unpaired) electrons. The second-order valence-electron chi connectivity index (χ2n) is 9.03. The third-order valence-electron chi connectivity index (χ3n) is 5.47. The average Bonchev–Trinajstić information content (AvgIpc) is 3.11. The molecule has 10 heteroatoms. The fourth-order valence-corrected chi connectivity index (χ4v) is 5.56. The Morgan fingerprint density at radius 2 is 2.10 bits per heavy atom. The van der Waals surface area contributed by atoms with Gasteiger partial charge >= 0.3 is 6.09 Å². The highest BCUT2D eigenvalue weighted by Crippen LogP contribution is 2.36. The highest BCUT2D eigenvalue weighted by molar-refractivity contribution is 7.19. The van der Waals surface area contributed by atoms with E-state index in [1.54, 1.807) is 17.7 Å². The van der Waals surface area contributed by atoms with Crippen molar-refractivity contribution in [1.82, 2.24) is 25.1 Å². The number of ether oxygens (including phenoxy) is 2. The van der Waals surface area contributed by atoms with Crippen molar-refractivity contribution in [2.45, 2.75) is 57.0 Å². The van der Waals surface area contributed by atoms with Crippen molar-refractivity contribution in [2.24, 2.45) is 0 Å². The number of amides is 1. The lowest BCUT2D eigenvalue weighted by Crippen LogP contribution is -2.52. The number of morpholine rings is 1. The van der Waals surface area contributed by atoms with E-state index in [9.17, 15) is 4.79 Å². The van der Waals surface area contributed by atoms with E-state index in [1.165, 1.54) is 4.88 Å². The second-order valence-corrected chi connectivity index (χ2v) is 10.6. The van der Waals surface area contributed by atoms with E-state index < -0.39 is 5.60 Å². The molecule has 0 aromatic carbocycles. The molecule has 1 amide bonds. The van der Waals surface area contributed by atoms with Gasteiger partial charge in [0.1, 0.15) is 17.5 Å². The van der Waals surface area contributed by atoms with Crippen LogP contribution in [0, 0.1) is 0 Å². The molecular weight excluding hydrogens is 438 g/mol.